The normalized spacial score (nSPS) is 11.9. The topological polar surface area (TPSA) is 130 Å². The van der Waals surface area contributed by atoms with E-state index in [1.54, 1.807) is 19.2 Å². The van der Waals surface area contributed by atoms with Crippen molar-refractivity contribution in [1.29, 1.82) is 0 Å². The number of hydrogen-bond donors (Lipinski definition) is 0. The van der Waals surface area contributed by atoms with Crippen molar-refractivity contribution in [2.24, 2.45) is 0 Å². The van der Waals surface area contributed by atoms with Crippen LogP contribution in [0.2, 0.25) is 0 Å². The highest BCUT2D eigenvalue weighted by Crippen LogP contribution is 2.30. The summed E-state index contributed by atoms with van der Waals surface area (Å²) in [6.07, 6.45) is 0. The molecule has 160 valence electrons. The standard InChI is InChI=1S/C20H20NO2S2.ClHO4/c1-17-13-15-20(16-14-17)25(22,23)21(2)24(18-9-5-3-6-10-18)19-11-7-4-8-12-19;2-1(3,4)5/h3-16H,1-2H3;(H,2,3,4,5)/q+1;/p-1. The van der Waals surface area contributed by atoms with E-state index in [1.807, 2.05) is 79.7 Å². The highest BCUT2D eigenvalue weighted by atomic mass is 35.7. The summed E-state index contributed by atoms with van der Waals surface area (Å²) in [4.78, 5) is 2.24. The molecule has 0 aliphatic carbocycles. The molecule has 0 N–H and O–H groups in total. The Morgan fingerprint density at radius 2 is 1.10 bits per heavy atom. The van der Waals surface area contributed by atoms with Crippen LogP contribution in [0.4, 0.5) is 0 Å². The molecule has 0 heterocycles. The molecule has 0 spiro atoms. The molecule has 7 nitrogen and oxygen atoms in total. The fourth-order valence-electron chi connectivity index (χ4n) is 2.49. The Kier molecular flexibility index (Phi) is 8.42. The highest BCUT2D eigenvalue weighted by molar-refractivity contribution is 8.06. The summed E-state index contributed by atoms with van der Waals surface area (Å²) in [6.45, 7) is 1.94. The van der Waals surface area contributed by atoms with Crippen molar-refractivity contribution in [3.63, 3.8) is 0 Å². The van der Waals surface area contributed by atoms with Crippen LogP contribution in [0.25, 0.3) is 0 Å². The molecule has 3 aromatic carbocycles. The fraction of sp³-hybridized carbons (Fsp3) is 0.100. The first-order chi connectivity index (χ1) is 14.0. The van der Waals surface area contributed by atoms with Crippen LogP contribution < -0.4 is 18.6 Å². The van der Waals surface area contributed by atoms with Crippen LogP contribution in [0.1, 0.15) is 5.56 Å². The quantitative estimate of drug-likeness (QED) is 0.463. The molecule has 0 saturated heterocycles. The zero-order valence-corrected chi connectivity index (χ0v) is 18.6. The van der Waals surface area contributed by atoms with E-state index in [2.05, 4.69) is 0 Å². The van der Waals surface area contributed by atoms with Crippen LogP contribution in [-0.4, -0.2) is 19.2 Å². The molecule has 0 aliphatic rings. The zero-order valence-electron chi connectivity index (χ0n) is 16.2. The lowest BCUT2D eigenvalue weighted by atomic mass is 10.2. The Bertz CT molecular complexity index is 981. The zero-order chi connectivity index (χ0) is 22.4. The molecule has 0 atom stereocenters. The maximum Gasteiger partial charge on any atom is 0.282 e. The minimum atomic E-state index is -4.94. The van der Waals surface area contributed by atoms with Gasteiger partial charge in [-0.1, -0.05) is 54.1 Å². The number of aryl methyl sites for hydroxylation is 1. The maximum atomic E-state index is 13.2. The number of halogens is 1. The first-order valence-electron chi connectivity index (χ1n) is 8.52. The van der Waals surface area contributed by atoms with Crippen LogP contribution in [0.5, 0.6) is 0 Å². The second-order valence-corrected chi connectivity index (χ2v) is 11.0. The van der Waals surface area contributed by atoms with E-state index in [0.717, 1.165) is 15.4 Å². The Labute approximate surface area is 181 Å². The van der Waals surface area contributed by atoms with Gasteiger partial charge >= 0.3 is 0 Å². The van der Waals surface area contributed by atoms with Crippen LogP contribution in [-0.2, 0) is 21.1 Å². The fourth-order valence-corrected chi connectivity index (χ4v) is 6.52. The number of sulfonamides is 1. The van der Waals surface area contributed by atoms with E-state index < -0.39 is 31.3 Å². The summed E-state index contributed by atoms with van der Waals surface area (Å²) >= 11 is -0.726. The summed E-state index contributed by atoms with van der Waals surface area (Å²) in [5.74, 6) is 0. The molecule has 3 aromatic rings. The van der Waals surface area contributed by atoms with E-state index in [-0.39, 0.29) is 0 Å². The van der Waals surface area contributed by atoms with Crippen LogP contribution >= 0.6 is 0 Å². The summed E-state index contributed by atoms with van der Waals surface area (Å²) in [6, 6.07) is 26.5. The third kappa shape index (κ3) is 7.08. The largest absolute Gasteiger partial charge is 0.282 e. The van der Waals surface area contributed by atoms with Gasteiger partial charge < -0.3 is 0 Å². The maximum absolute atomic E-state index is 13.2. The van der Waals surface area contributed by atoms with Gasteiger partial charge in [0.1, 0.15) is 0 Å². The molecule has 0 saturated carbocycles. The number of benzene rings is 3. The summed E-state index contributed by atoms with van der Waals surface area (Å²) < 4.78 is 61.8. The van der Waals surface area contributed by atoms with E-state index in [0.29, 0.717) is 4.90 Å². The molecule has 0 amide bonds. The van der Waals surface area contributed by atoms with E-state index in [4.69, 9.17) is 18.6 Å². The molecule has 0 radical (unpaired) electrons. The van der Waals surface area contributed by atoms with Crippen molar-refractivity contribution >= 4 is 21.1 Å². The Balaban J connectivity index is 0.000000575. The SMILES string of the molecule is Cc1ccc(S(=O)(=O)N(C)[S+](c2ccccc2)c2ccccc2)cc1.[O-][Cl+3]([O-])([O-])[O-]. The molecular formula is C20H20ClNO6S2. The highest BCUT2D eigenvalue weighted by Gasteiger charge is 2.40. The van der Waals surface area contributed by atoms with Gasteiger partial charge in [-0.05, 0) is 47.0 Å². The van der Waals surface area contributed by atoms with Gasteiger partial charge in [-0.25, -0.2) is 27.1 Å². The predicted octanol–water partition coefficient (Wildman–Crippen LogP) is -0.489. The molecule has 3 rings (SSSR count). The van der Waals surface area contributed by atoms with E-state index in [9.17, 15) is 8.42 Å². The first kappa shape index (κ1) is 24.3. The van der Waals surface area contributed by atoms with Crippen molar-refractivity contribution < 1.29 is 37.3 Å². The lowest BCUT2D eigenvalue weighted by Crippen LogP contribution is -2.68. The van der Waals surface area contributed by atoms with Gasteiger partial charge in [0.15, 0.2) is 20.9 Å². The van der Waals surface area contributed by atoms with Crippen molar-refractivity contribution in [2.75, 3.05) is 7.05 Å². The molecule has 10 heteroatoms. The second kappa shape index (κ2) is 10.4. The minimum Gasteiger partial charge on any atom is -0.222 e. The Morgan fingerprint density at radius 3 is 1.47 bits per heavy atom. The van der Waals surface area contributed by atoms with Gasteiger partial charge in [0.25, 0.3) is 10.0 Å². The molecule has 30 heavy (non-hydrogen) atoms. The van der Waals surface area contributed by atoms with Crippen molar-refractivity contribution in [3.05, 3.63) is 90.5 Å². The molecule has 0 fully saturated rings. The van der Waals surface area contributed by atoms with E-state index >= 15 is 0 Å². The van der Waals surface area contributed by atoms with Gasteiger partial charge in [0, 0.05) is 0 Å². The lowest BCUT2D eigenvalue weighted by Gasteiger charge is -2.17. The lowest BCUT2D eigenvalue weighted by molar-refractivity contribution is -2.00. The van der Waals surface area contributed by atoms with Gasteiger partial charge in [0.2, 0.25) is 0 Å². The second-order valence-electron chi connectivity index (χ2n) is 6.02. The van der Waals surface area contributed by atoms with Crippen molar-refractivity contribution in [1.82, 2.24) is 3.71 Å². The van der Waals surface area contributed by atoms with Gasteiger partial charge in [-0.3, -0.25) is 0 Å². The van der Waals surface area contributed by atoms with Crippen molar-refractivity contribution in [2.45, 2.75) is 21.6 Å². The average Bonchev–Trinajstić information content (AvgIpc) is 2.69. The van der Waals surface area contributed by atoms with Gasteiger partial charge in [-0.15, -0.1) is 10.2 Å². The minimum absolute atomic E-state index is 0.310. The van der Waals surface area contributed by atoms with Crippen molar-refractivity contribution in [3.8, 4) is 0 Å². The molecule has 0 unspecified atom stereocenters. The Hall–Kier alpha value is -1.95. The summed E-state index contributed by atoms with van der Waals surface area (Å²) in [5, 5.41) is 0. The third-order valence-corrected chi connectivity index (χ3v) is 8.38. The van der Waals surface area contributed by atoms with Gasteiger partial charge in [0.05, 0.1) is 11.9 Å². The van der Waals surface area contributed by atoms with Crippen LogP contribution in [0.15, 0.2) is 99.6 Å². The van der Waals surface area contributed by atoms with E-state index in [1.165, 1.54) is 3.71 Å². The number of hydrogen-bond acceptors (Lipinski definition) is 6. The molecule has 0 aromatic heterocycles. The van der Waals surface area contributed by atoms with Crippen LogP contribution in [0, 0.1) is 17.2 Å². The molecular weight excluding hydrogens is 450 g/mol. The average molecular weight is 470 g/mol. The van der Waals surface area contributed by atoms with Gasteiger partial charge in [-0.2, -0.15) is 0 Å². The summed E-state index contributed by atoms with van der Waals surface area (Å²) in [5.41, 5.74) is 1.03. The molecule has 0 bridgehead atoms. The monoisotopic (exact) mass is 469 g/mol. The summed E-state index contributed by atoms with van der Waals surface area (Å²) in [7, 11) is -6.90. The third-order valence-electron chi connectivity index (χ3n) is 3.85. The van der Waals surface area contributed by atoms with Crippen LogP contribution in [0.3, 0.4) is 0 Å². The first-order valence-corrected chi connectivity index (χ1v) is 12.4. The number of nitrogens with zero attached hydrogens (tertiary/aromatic N) is 1. The smallest absolute Gasteiger partial charge is 0.222 e. The Morgan fingerprint density at radius 1 is 0.733 bits per heavy atom. The predicted molar refractivity (Wildman–Crippen MR) is 103 cm³/mol. The number of rotatable bonds is 5. The molecule has 0 aliphatic heterocycles.